The second-order valence-corrected chi connectivity index (χ2v) is 12.9. The van der Waals surface area contributed by atoms with E-state index >= 15 is 0 Å². The van der Waals surface area contributed by atoms with Gasteiger partial charge in [0.15, 0.2) is 0 Å². The van der Waals surface area contributed by atoms with Gasteiger partial charge in [-0.15, -0.1) is 0 Å². The lowest BCUT2D eigenvalue weighted by Gasteiger charge is -2.38. The summed E-state index contributed by atoms with van der Waals surface area (Å²) in [5.74, 6) is -0.117. The van der Waals surface area contributed by atoms with Gasteiger partial charge >= 0.3 is 11.7 Å². The summed E-state index contributed by atoms with van der Waals surface area (Å²) >= 11 is 7.00. The second-order valence-electron chi connectivity index (χ2n) is 11.2. The SMILES string of the molecule is Nc1c(Br)cc(C[C@@H](NC(=O)N2CCC(n3c(=O)[nH]c4ccccc43)CC2)C(=O)N2CCN(c3cccnc3)CC2)cc1Br. The predicted molar refractivity (Wildman–Crippen MR) is 178 cm³/mol. The molecule has 230 valence electrons. The molecule has 0 radical (unpaired) electrons. The summed E-state index contributed by atoms with van der Waals surface area (Å²) in [5.41, 5.74) is 10.1. The van der Waals surface area contributed by atoms with Crippen LogP contribution < -0.4 is 21.6 Å². The molecule has 2 aromatic carbocycles. The summed E-state index contributed by atoms with van der Waals surface area (Å²) in [6.07, 6.45) is 5.17. The zero-order valence-electron chi connectivity index (χ0n) is 24.1. The minimum Gasteiger partial charge on any atom is -0.397 e. The van der Waals surface area contributed by atoms with E-state index in [0.717, 1.165) is 31.2 Å². The maximum atomic E-state index is 13.9. The Morgan fingerprint density at radius 1 is 0.977 bits per heavy atom. The fourth-order valence-electron chi connectivity index (χ4n) is 6.14. The quantitative estimate of drug-likeness (QED) is 0.256. The van der Waals surface area contributed by atoms with Gasteiger partial charge in [0, 0.05) is 66.9 Å². The first-order valence-corrected chi connectivity index (χ1v) is 16.3. The third-order valence-electron chi connectivity index (χ3n) is 8.52. The highest BCUT2D eigenvalue weighted by Crippen LogP contribution is 2.30. The lowest BCUT2D eigenvalue weighted by molar-refractivity contribution is -0.133. The van der Waals surface area contributed by atoms with Gasteiger partial charge in [-0.1, -0.05) is 12.1 Å². The monoisotopic (exact) mass is 724 g/mol. The Labute approximate surface area is 271 Å². The van der Waals surface area contributed by atoms with E-state index in [4.69, 9.17) is 5.73 Å². The van der Waals surface area contributed by atoms with Gasteiger partial charge in [0.25, 0.3) is 0 Å². The number of carbonyl (C=O) groups excluding carboxylic acids is 2. The van der Waals surface area contributed by atoms with Crippen molar-refractivity contribution in [2.75, 3.05) is 49.9 Å². The molecule has 0 aliphatic carbocycles. The third-order valence-corrected chi connectivity index (χ3v) is 9.83. The van der Waals surface area contributed by atoms with Crippen molar-refractivity contribution in [1.29, 1.82) is 0 Å². The molecule has 2 aromatic heterocycles. The summed E-state index contributed by atoms with van der Waals surface area (Å²) < 4.78 is 3.25. The number of fused-ring (bicyclic) bond motifs is 1. The molecule has 0 spiro atoms. The third kappa shape index (κ3) is 6.34. The number of hydrogen-bond donors (Lipinski definition) is 3. The molecule has 11 nitrogen and oxygen atoms in total. The molecule has 0 saturated carbocycles. The summed E-state index contributed by atoms with van der Waals surface area (Å²) in [4.78, 5) is 53.2. The normalized spacial score (nSPS) is 16.7. The van der Waals surface area contributed by atoms with E-state index in [1.807, 2.05) is 59.6 Å². The van der Waals surface area contributed by atoms with Gasteiger partial charge in [-0.25, -0.2) is 9.59 Å². The number of halogens is 2. The maximum Gasteiger partial charge on any atom is 0.326 e. The van der Waals surface area contributed by atoms with Gasteiger partial charge in [0.1, 0.15) is 6.04 Å². The van der Waals surface area contributed by atoms with Crippen molar-refractivity contribution >= 4 is 66.2 Å². The van der Waals surface area contributed by atoms with E-state index in [1.54, 1.807) is 15.7 Å². The average molecular weight is 726 g/mol. The topological polar surface area (TPSA) is 133 Å². The smallest absolute Gasteiger partial charge is 0.326 e. The van der Waals surface area contributed by atoms with Crippen LogP contribution in [0.4, 0.5) is 16.2 Å². The molecular formula is C31H34Br2N8O3. The number of rotatable bonds is 6. The largest absolute Gasteiger partial charge is 0.397 e. The van der Waals surface area contributed by atoms with E-state index in [9.17, 15) is 14.4 Å². The molecule has 4 heterocycles. The van der Waals surface area contributed by atoms with Crippen LogP contribution in [-0.2, 0) is 11.2 Å². The van der Waals surface area contributed by atoms with Crippen LogP contribution >= 0.6 is 31.9 Å². The number of piperazine rings is 1. The molecule has 6 rings (SSSR count). The van der Waals surface area contributed by atoms with E-state index in [1.165, 1.54) is 0 Å². The fourth-order valence-corrected chi connectivity index (χ4v) is 7.42. The van der Waals surface area contributed by atoms with Gasteiger partial charge in [0.2, 0.25) is 5.91 Å². The van der Waals surface area contributed by atoms with E-state index in [0.29, 0.717) is 64.2 Å². The van der Waals surface area contributed by atoms with Crippen LogP contribution in [-0.4, -0.2) is 81.6 Å². The van der Waals surface area contributed by atoms with Gasteiger partial charge in [-0.05, 0) is 86.7 Å². The van der Waals surface area contributed by atoms with E-state index < -0.39 is 6.04 Å². The number of imidazole rings is 1. The van der Waals surface area contributed by atoms with Crippen molar-refractivity contribution in [3.05, 3.63) is 85.9 Å². The number of nitrogens with two attached hydrogens (primary N) is 1. The van der Waals surface area contributed by atoms with E-state index in [2.05, 4.69) is 52.0 Å². The molecule has 2 aliphatic heterocycles. The zero-order valence-corrected chi connectivity index (χ0v) is 27.3. The fraction of sp³-hybridized carbons (Fsp3) is 0.355. The van der Waals surface area contributed by atoms with Crippen LogP contribution in [0, 0.1) is 0 Å². The van der Waals surface area contributed by atoms with Gasteiger partial charge in [0.05, 0.1) is 28.6 Å². The molecule has 2 fully saturated rings. The Balaban J connectivity index is 1.14. The molecule has 3 amide bonds. The molecule has 0 bridgehead atoms. The van der Waals surface area contributed by atoms with Crippen LogP contribution in [0.25, 0.3) is 11.0 Å². The highest BCUT2D eigenvalue weighted by molar-refractivity contribution is 9.11. The number of nitrogen functional groups attached to an aromatic ring is 1. The number of benzene rings is 2. The number of para-hydroxylation sites is 2. The van der Waals surface area contributed by atoms with Gasteiger partial charge in [-0.3, -0.25) is 14.3 Å². The first-order chi connectivity index (χ1) is 21.3. The number of hydrogen-bond acceptors (Lipinski definition) is 6. The summed E-state index contributed by atoms with van der Waals surface area (Å²) in [7, 11) is 0. The Kier molecular flexibility index (Phi) is 8.94. The molecule has 4 aromatic rings. The van der Waals surface area contributed by atoms with Gasteiger partial charge in [-0.2, -0.15) is 0 Å². The lowest BCUT2D eigenvalue weighted by Crippen LogP contribution is -2.57. The number of piperidine rings is 1. The van der Waals surface area contributed by atoms with Crippen molar-refractivity contribution in [2.24, 2.45) is 0 Å². The first-order valence-electron chi connectivity index (χ1n) is 14.7. The molecule has 2 saturated heterocycles. The van der Waals surface area contributed by atoms with E-state index in [-0.39, 0.29) is 23.7 Å². The Hall–Kier alpha value is -3.84. The summed E-state index contributed by atoms with van der Waals surface area (Å²) in [6, 6.07) is 14.3. The van der Waals surface area contributed by atoms with Crippen molar-refractivity contribution in [3.63, 3.8) is 0 Å². The minimum atomic E-state index is -0.760. The van der Waals surface area contributed by atoms with Crippen LogP contribution in [0.2, 0.25) is 0 Å². The second kappa shape index (κ2) is 13.0. The number of likely N-dealkylation sites (tertiary alicyclic amines) is 1. The number of anilines is 2. The number of pyridine rings is 1. The standard InChI is InChI=1S/C31H34Br2N8O3/c32-23-16-20(17-24(33)28(23)34)18-26(29(42)39-14-12-38(13-15-39)22-4-3-9-35-19-22)37-30(43)40-10-7-21(8-11-40)41-27-6-2-1-5-25(27)36-31(41)44/h1-6,9,16-17,19,21,26H,7-8,10-15,18,34H2,(H,36,44)(H,37,43)/t26-/m1/s1. The molecule has 1 atom stereocenters. The van der Waals surface area contributed by atoms with Crippen molar-refractivity contribution in [3.8, 4) is 0 Å². The number of H-pyrrole nitrogens is 1. The number of aromatic nitrogens is 3. The van der Waals surface area contributed by atoms with Crippen molar-refractivity contribution in [2.45, 2.75) is 31.3 Å². The summed E-state index contributed by atoms with van der Waals surface area (Å²) in [5, 5.41) is 3.05. The number of carbonyl (C=O) groups is 2. The van der Waals surface area contributed by atoms with Crippen molar-refractivity contribution < 1.29 is 9.59 Å². The number of nitrogens with zero attached hydrogens (tertiary/aromatic N) is 5. The molecular weight excluding hydrogens is 692 g/mol. The number of amides is 3. The molecule has 0 unspecified atom stereocenters. The number of urea groups is 1. The Bertz CT molecular complexity index is 1690. The highest BCUT2D eigenvalue weighted by atomic mass is 79.9. The maximum absolute atomic E-state index is 13.9. The molecule has 13 heteroatoms. The summed E-state index contributed by atoms with van der Waals surface area (Å²) in [6.45, 7) is 3.40. The highest BCUT2D eigenvalue weighted by Gasteiger charge is 2.32. The Morgan fingerprint density at radius 3 is 2.36 bits per heavy atom. The van der Waals surface area contributed by atoms with Crippen LogP contribution in [0.15, 0.2) is 74.7 Å². The van der Waals surface area contributed by atoms with Crippen LogP contribution in [0.3, 0.4) is 0 Å². The first kappa shape index (κ1) is 30.2. The average Bonchev–Trinajstić information content (AvgIpc) is 3.39. The predicted octanol–water partition coefficient (Wildman–Crippen LogP) is 4.14. The molecule has 2 aliphatic rings. The molecule has 44 heavy (non-hydrogen) atoms. The Morgan fingerprint density at radius 2 is 1.68 bits per heavy atom. The van der Waals surface area contributed by atoms with Gasteiger partial charge < -0.3 is 30.7 Å². The number of aromatic amines is 1. The lowest BCUT2D eigenvalue weighted by atomic mass is 10.0. The van der Waals surface area contributed by atoms with Crippen LogP contribution in [0.5, 0.6) is 0 Å². The van der Waals surface area contributed by atoms with Crippen molar-refractivity contribution in [1.82, 2.24) is 29.7 Å². The molecule has 4 N–H and O–H groups in total. The zero-order chi connectivity index (χ0) is 30.8. The number of nitrogens with one attached hydrogen (secondary N) is 2. The minimum absolute atomic E-state index is 0.0132. The van der Waals surface area contributed by atoms with Crippen LogP contribution in [0.1, 0.15) is 24.4 Å².